The summed E-state index contributed by atoms with van der Waals surface area (Å²) in [5.41, 5.74) is 23.2. The highest BCUT2D eigenvalue weighted by atomic mass is 127. The van der Waals surface area contributed by atoms with Gasteiger partial charge in [-0.05, 0) is 191 Å². The quantitative estimate of drug-likeness (QED) is 0.153. The van der Waals surface area contributed by atoms with Gasteiger partial charge in [0.15, 0.2) is 0 Å². The number of benzene rings is 6. The van der Waals surface area contributed by atoms with Crippen molar-refractivity contribution in [2.24, 2.45) is 0 Å². The van der Waals surface area contributed by atoms with Gasteiger partial charge in [0.1, 0.15) is 0 Å². The van der Waals surface area contributed by atoms with Crippen LogP contribution in [0.4, 0.5) is 28.4 Å². The summed E-state index contributed by atoms with van der Waals surface area (Å²) in [7, 11) is 0. The van der Waals surface area contributed by atoms with Crippen LogP contribution in [-0.4, -0.2) is 0 Å². The SMILES string of the molecule is C=C1/C(=C\C(=C)c2ccc(N3C4=C(C=Cc5ccccc53)CCC=C4)cccc(/C(I)=C/C=C3\CC(C)(C)c4ccccc43)c3ccc(N4c5ccccc5C=Cc5ccccc54)cc23)C(C)(C)c2ccccc21. The van der Waals surface area contributed by atoms with E-state index in [1.165, 1.54) is 50.2 Å². The van der Waals surface area contributed by atoms with E-state index in [1.807, 2.05) is 0 Å². The van der Waals surface area contributed by atoms with E-state index in [-0.39, 0.29) is 10.8 Å². The van der Waals surface area contributed by atoms with Crippen LogP contribution in [0.2, 0.25) is 0 Å². The van der Waals surface area contributed by atoms with Gasteiger partial charge in [0, 0.05) is 26.1 Å². The second kappa shape index (κ2) is 19.0. The number of fused-ring (bicyclic) bond motifs is 6. The first kappa shape index (κ1) is 47.3. The summed E-state index contributed by atoms with van der Waals surface area (Å²) in [6.07, 6.45) is 23.7. The Balaban J connectivity index is 1.16. The molecule has 0 spiro atoms. The molecule has 0 N–H and O–H groups in total. The van der Waals surface area contributed by atoms with Crippen molar-refractivity contribution in [2.75, 3.05) is 9.80 Å². The standard InChI is InChI=1S/C71H59IN2/c1-47(44-64-48(2)57-25-11-14-29-63(57)71(64,5)6)56-41-39-54(73-66-30-15-7-20-49(66)34-35-50-21-8-16-31-67(50)73)24-19-27-60(65(72)43-38-53-46-70(3,4)62-28-13-12-26-58(53)62)59-42-40-55(45-61(56)59)74-68-32-17-9-22-51(68)36-37-52-23-10-18-33-69(52)74/h7,9-20,22-45H,1-2,8,21,46H2,3-6H3/b24-19?,27-19?,41-39?,53-38+,54-24?,54-39?,56-41?,60-27?,60-59?,61-56?,64-44+,65-43-. The molecule has 2 heterocycles. The van der Waals surface area contributed by atoms with Crippen LogP contribution < -0.4 is 9.80 Å². The third kappa shape index (κ3) is 8.28. The molecular weight excluding hydrogens is 1010 g/mol. The van der Waals surface area contributed by atoms with Crippen LogP contribution in [-0.2, 0) is 10.8 Å². The molecule has 74 heavy (non-hydrogen) atoms. The number of para-hydroxylation sites is 3. The van der Waals surface area contributed by atoms with Crippen molar-refractivity contribution in [3.8, 4) is 0 Å². The molecule has 3 heteroatoms. The van der Waals surface area contributed by atoms with E-state index in [4.69, 9.17) is 13.2 Å². The van der Waals surface area contributed by atoms with Gasteiger partial charge >= 0.3 is 0 Å². The molecule has 0 saturated heterocycles. The predicted octanol–water partition coefficient (Wildman–Crippen LogP) is 20.2. The van der Waals surface area contributed by atoms with Gasteiger partial charge in [-0.15, -0.1) is 0 Å². The Hall–Kier alpha value is -7.73. The summed E-state index contributed by atoms with van der Waals surface area (Å²) in [5, 5.41) is 2.21. The fraction of sp³-hybridized carbons (Fsp3) is 0.127. The molecular formula is C71H59IN2. The third-order valence-corrected chi connectivity index (χ3v) is 16.8. The fourth-order valence-corrected chi connectivity index (χ4v) is 12.7. The van der Waals surface area contributed by atoms with Crippen molar-refractivity contribution in [3.63, 3.8) is 0 Å². The molecule has 0 amide bonds. The van der Waals surface area contributed by atoms with Gasteiger partial charge in [-0.2, -0.15) is 0 Å². The van der Waals surface area contributed by atoms with E-state index in [2.05, 4.69) is 285 Å². The van der Waals surface area contributed by atoms with E-state index in [1.54, 1.807) is 0 Å². The zero-order valence-corrected chi connectivity index (χ0v) is 44.8. The molecule has 7 aromatic carbocycles. The van der Waals surface area contributed by atoms with Crippen LogP contribution in [0, 0.1) is 0 Å². The summed E-state index contributed by atoms with van der Waals surface area (Å²) in [5.74, 6) is 0. The monoisotopic (exact) mass is 1070 g/mol. The summed E-state index contributed by atoms with van der Waals surface area (Å²) in [6.45, 7) is 19.2. The molecule has 0 saturated carbocycles. The Morgan fingerprint density at radius 3 is 1.88 bits per heavy atom. The molecule has 2 nitrogen and oxygen atoms in total. The van der Waals surface area contributed by atoms with Gasteiger partial charge in [0.2, 0.25) is 0 Å². The average molecular weight is 1070 g/mol. The number of hydrogen-bond donors (Lipinski definition) is 0. The van der Waals surface area contributed by atoms with Gasteiger partial charge in [-0.25, -0.2) is 0 Å². The van der Waals surface area contributed by atoms with Crippen molar-refractivity contribution in [2.45, 2.75) is 57.8 Å². The molecule has 7 aromatic rings. The fourth-order valence-electron chi connectivity index (χ4n) is 12.1. The number of rotatable bonds is 6. The lowest BCUT2D eigenvalue weighted by molar-refractivity contribution is 0.563. The Kier molecular flexibility index (Phi) is 12.1. The van der Waals surface area contributed by atoms with E-state index in [9.17, 15) is 0 Å². The highest BCUT2D eigenvalue weighted by Crippen LogP contribution is 2.51. The lowest BCUT2D eigenvalue weighted by Gasteiger charge is -2.29. The van der Waals surface area contributed by atoms with Gasteiger partial charge in [0.25, 0.3) is 0 Å². The van der Waals surface area contributed by atoms with Gasteiger partial charge in [0.05, 0.1) is 17.1 Å². The second-order valence-corrected chi connectivity index (χ2v) is 22.4. The first-order valence-corrected chi connectivity index (χ1v) is 27.0. The highest BCUT2D eigenvalue weighted by Gasteiger charge is 2.37. The lowest BCUT2D eigenvalue weighted by Crippen LogP contribution is -2.17. The molecule has 0 aromatic heterocycles. The van der Waals surface area contributed by atoms with Crippen molar-refractivity contribution >= 4 is 100 Å². The number of allylic oxidation sites excluding steroid dienone is 11. The Labute approximate surface area is 451 Å². The molecule has 12 rings (SSSR count). The maximum atomic E-state index is 5.06. The Morgan fingerprint density at radius 2 is 1.18 bits per heavy atom. The second-order valence-electron chi connectivity index (χ2n) is 21.3. The molecule has 0 fully saturated rings. The predicted molar refractivity (Wildman–Crippen MR) is 328 cm³/mol. The summed E-state index contributed by atoms with van der Waals surface area (Å²) in [4.78, 5) is 4.89. The first-order valence-electron chi connectivity index (χ1n) is 25.9. The largest absolute Gasteiger partial charge is 0.310 e. The number of anilines is 5. The molecule has 0 bridgehead atoms. The van der Waals surface area contributed by atoms with Crippen LogP contribution in [0.5, 0.6) is 0 Å². The van der Waals surface area contributed by atoms with Crippen LogP contribution >= 0.6 is 22.6 Å². The molecule has 0 unspecified atom stereocenters. The summed E-state index contributed by atoms with van der Waals surface area (Å²) in [6, 6.07) is 62.5. The van der Waals surface area contributed by atoms with Crippen LogP contribution in [0.15, 0.2) is 236 Å². The average Bonchev–Trinajstić information content (AvgIpc) is 3.61. The van der Waals surface area contributed by atoms with Gasteiger partial charge in [-0.3, -0.25) is 0 Å². The van der Waals surface area contributed by atoms with Crippen LogP contribution in [0.3, 0.4) is 0 Å². The number of halogens is 1. The number of nitrogens with zero attached hydrogens (tertiary/aromatic N) is 2. The number of hydrogen-bond acceptors (Lipinski definition) is 2. The lowest BCUT2D eigenvalue weighted by atomic mass is 9.81. The first-order chi connectivity index (χ1) is 36.0. The summed E-state index contributed by atoms with van der Waals surface area (Å²) >= 11 is 2.59. The van der Waals surface area contributed by atoms with Gasteiger partial charge in [-0.1, -0.05) is 211 Å². The van der Waals surface area contributed by atoms with Crippen LogP contribution in [0.25, 0.3) is 49.3 Å². The molecule has 5 aliphatic rings. The zero-order chi connectivity index (χ0) is 50.7. The maximum absolute atomic E-state index is 5.06. The normalized spacial score (nSPS) is 17.8. The smallest absolute Gasteiger partial charge is 0.0534 e. The molecule has 0 radical (unpaired) electrons. The highest BCUT2D eigenvalue weighted by molar-refractivity contribution is 14.1. The molecule has 3 aliphatic carbocycles. The van der Waals surface area contributed by atoms with Crippen molar-refractivity contribution in [1.82, 2.24) is 0 Å². The van der Waals surface area contributed by atoms with Crippen molar-refractivity contribution in [3.05, 3.63) is 286 Å². The maximum Gasteiger partial charge on any atom is 0.0534 e. The van der Waals surface area contributed by atoms with Crippen LogP contribution in [0.1, 0.15) is 97.0 Å². The minimum atomic E-state index is -0.281. The molecule has 360 valence electrons. The third-order valence-electron chi connectivity index (χ3n) is 15.8. The van der Waals surface area contributed by atoms with Gasteiger partial charge < -0.3 is 9.80 Å². The van der Waals surface area contributed by atoms with E-state index < -0.39 is 0 Å². The molecule has 2 aliphatic heterocycles. The van der Waals surface area contributed by atoms with E-state index in [0.29, 0.717) is 0 Å². The minimum absolute atomic E-state index is 0.0609. The minimum Gasteiger partial charge on any atom is -0.310 e. The summed E-state index contributed by atoms with van der Waals surface area (Å²) < 4.78 is 1.14. The topological polar surface area (TPSA) is 6.48 Å². The zero-order valence-electron chi connectivity index (χ0n) is 42.7. The molecule has 0 atom stereocenters. The van der Waals surface area contributed by atoms with E-state index in [0.717, 1.165) is 95.5 Å². The van der Waals surface area contributed by atoms with Crippen molar-refractivity contribution < 1.29 is 0 Å². The Morgan fingerprint density at radius 1 is 0.568 bits per heavy atom. The van der Waals surface area contributed by atoms with E-state index >= 15 is 0 Å². The Bertz CT molecular complexity index is 3770. The van der Waals surface area contributed by atoms with Crippen molar-refractivity contribution in [1.29, 1.82) is 0 Å².